The number of ether oxygens (including phenoxy) is 1. The van der Waals surface area contributed by atoms with E-state index in [4.69, 9.17) is 9.72 Å². The number of hydrogen-bond donors (Lipinski definition) is 1. The molecule has 1 aliphatic rings. The molecule has 1 aromatic carbocycles. The van der Waals surface area contributed by atoms with E-state index >= 15 is 0 Å². The van der Waals surface area contributed by atoms with Gasteiger partial charge in [-0.15, -0.1) is 0 Å². The highest BCUT2D eigenvalue weighted by Crippen LogP contribution is 2.28. The smallest absolute Gasteiger partial charge is 0.252 e. The molecule has 0 amide bonds. The van der Waals surface area contributed by atoms with Crippen LogP contribution in [0.3, 0.4) is 0 Å². The third-order valence-electron chi connectivity index (χ3n) is 5.65. The maximum absolute atomic E-state index is 12.5. The third kappa shape index (κ3) is 3.07. The molecule has 0 saturated carbocycles. The summed E-state index contributed by atoms with van der Waals surface area (Å²) in [6.07, 6.45) is 3.56. The van der Waals surface area contributed by atoms with Gasteiger partial charge in [-0.3, -0.25) is 9.48 Å². The molecule has 0 aliphatic carbocycles. The lowest BCUT2D eigenvalue weighted by atomic mass is 10.1. The fourth-order valence-corrected chi connectivity index (χ4v) is 3.88. The number of hydrogen-bond acceptors (Lipinski definition) is 7. The molecule has 0 unspecified atom stereocenters. The largest absolute Gasteiger partial charge is 0.378 e. The summed E-state index contributed by atoms with van der Waals surface area (Å²) in [5, 5.41) is 8.75. The quantitative estimate of drug-likeness (QED) is 0.558. The Morgan fingerprint density at radius 1 is 1.07 bits per heavy atom. The summed E-state index contributed by atoms with van der Waals surface area (Å²) in [5.41, 5.74) is 5.21. The summed E-state index contributed by atoms with van der Waals surface area (Å²) in [6, 6.07) is 5.79. The number of rotatable bonds is 3. The van der Waals surface area contributed by atoms with Gasteiger partial charge in [0.05, 0.1) is 42.3 Å². The Hall–Kier alpha value is -3.46. The Labute approximate surface area is 172 Å². The molecule has 30 heavy (non-hydrogen) atoms. The maximum atomic E-state index is 12.5. The van der Waals surface area contributed by atoms with E-state index in [0.717, 1.165) is 46.4 Å². The van der Waals surface area contributed by atoms with Gasteiger partial charge in [-0.2, -0.15) is 5.10 Å². The molecule has 9 nitrogen and oxygen atoms in total. The van der Waals surface area contributed by atoms with Crippen LogP contribution in [0, 0.1) is 6.92 Å². The van der Waals surface area contributed by atoms with Crippen LogP contribution in [-0.2, 0) is 18.8 Å². The van der Waals surface area contributed by atoms with Crippen molar-refractivity contribution in [1.82, 2.24) is 24.3 Å². The van der Waals surface area contributed by atoms with E-state index in [1.807, 2.05) is 24.9 Å². The van der Waals surface area contributed by atoms with Crippen molar-refractivity contribution in [3.8, 4) is 0 Å². The summed E-state index contributed by atoms with van der Waals surface area (Å²) < 4.78 is 8.88. The first-order valence-corrected chi connectivity index (χ1v) is 9.90. The summed E-state index contributed by atoms with van der Waals surface area (Å²) in [6.45, 7) is 4.77. The fraction of sp³-hybridized carbons (Fsp3) is 0.333. The Balaban J connectivity index is 1.60. The number of anilines is 3. The Kier molecular flexibility index (Phi) is 4.39. The number of morpholine rings is 1. The van der Waals surface area contributed by atoms with Gasteiger partial charge in [0.1, 0.15) is 5.52 Å². The molecular formula is C21H23N7O2. The van der Waals surface area contributed by atoms with Crippen molar-refractivity contribution in [2.45, 2.75) is 6.92 Å². The van der Waals surface area contributed by atoms with Crippen LogP contribution in [-0.4, -0.2) is 50.6 Å². The Bertz CT molecular complexity index is 1320. The second-order valence-electron chi connectivity index (χ2n) is 7.57. The van der Waals surface area contributed by atoms with Crippen LogP contribution < -0.4 is 15.8 Å². The number of pyridine rings is 1. The monoisotopic (exact) mass is 405 g/mol. The minimum atomic E-state index is -0.0780. The van der Waals surface area contributed by atoms with Crippen LogP contribution in [0.4, 0.5) is 17.3 Å². The Morgan fingerprint density at radius 3 is 2.67 bits per heavy atom. The number of aryl methyl sites for hydroxylation is 3. The summed E-state index contributed by atoms with van der Waals surface area (Å²) in [7, 11) is 3.66. The molecule has 0 atom stereocenters. The average molecular weight is 405 g/mol. The van der Waals surface area contributed by atoms with Crippen LogP contribution in [0.25, 0.3) is 21.9 Å². The predicted molar refractivity (Wildman–Crippen MR) is 117 cm³/mol. The van der Waals surface area contributed by atoms with E-state index in [9.17, 15) is 4.79 Å². The molecule has 1 fully saturated rings. The van der Waals surface area contributed by atoms with Crippen molar-refractivity contribution in [1.29, 1.82) is 0 Å². The molecule has 3 aromatic heterocycles. The lowest BCUT2D eigenvalue weighted by molar-refractivity contribution is 0.123. The highest BCUT2D eigenvalue weighted by Gasteiger charge is 2.18. The summed E-state index contributed by atoms with van der Waals surface area (Å²) in [4.78, 5) is 23.9. The van der Waals surface area contributed by atoms with Crippen LogP contribution in [0.15, 0.2) is 35.4 Å². The van der Waals surface area contributed by atoms with E-state index < -0.39 is 0 Å². The van der Waals surface area contributed by atoms with E-state index in [1.165, 1.54) is 0 Å². The number of nitrogens with zero attached hydrogens (tertiary/aromatic N) is 6. The molecule has 5 rings (SSSR count). The molecule has 0 bridgehead atoms. The zero-order chi connectivity index (χ0) is 20.8. The SMILES string of the molecule is Cc1cc2cnn(C)c2cc1Nc1ncc2c(n1)c(N1CCOCC1)cc(=O)n2C. The van der Waals surface area contributed by atoms with E-state index in [2.05, 4.69) is 32.4 Å². The van der Waals surface area contributed by atoms with Gasteiger partial charge in [-0.25, -0.2) is 9.97 Å². The zero-order valence-corrected chi connectivity index (χ0v) is 17.2. The van der Waals surface area contributed by atoms with Gasteiger partial charge in [-0.05, 0) is 24.6 Å². The lowest BCUT2D eigenvalue weighted by Gasteiger charge is -2.29. The van der Waals surface area contributed by atoms with Gasteiger partial charge in [-0.1, -0.05) is 0 Å². The Morgan fingerprint density at radius 2 is 1.87 bits per heavy atom. The van der Waals surface area contributed by atoms with Gasteiger partial charge >= 0.3 is 0 Å². The zero-order valence-electron chi connectivity index (χ0n) is 17.2. The molecule has 4 aromatic rings. The molecule has 9 heteroatoms. The molecule has 1 N–H and O–H groups in total. The average Bonchev–Trinajstić information content (AvgIpc) is 3.11. The van der Waals surface area contributed by atoms with E-state index in [0.29, 0.717) is 24.7 Å². The van der Waals surface area contributed by atoms with Gasteiger partial charge in [0.15, 0.2) is 0 Å². The molecule has 1 saturated heterocycles. The maximum Gasteiger partial charge on any atom is 0.252 e. The first-order chi connectivity index (χ1) is 14.5. The second-order valence-corrected chi connectivity index (χ2v) is 7.57. The standard InChI is InChI=1S/C21H23N7O2/c1-13-8-14-11-23-27(3)16(14)9-15(13)24-21-22-12-18-20(25-21)17(10-19(29)26(18)2)28-4-6-30-7-5-28/h8-12H,4-7H2,1-3H3,(H,22,24,25). The van der Waals surface area contributed by atoms with Gasteiger partial charge in [0.2, 0.25) is 5.95 Å². The molecule has 154 valence electrons. The number of aromatic nitrogens is 5. The highest BCUT2D eigenvalue weighted by molar-refractivity contribution is 5.89. The topological polar surface area (TPSA) is 90.1 Å². The summed E-state index contributed by atoms with van der Waals surface area (Å²) >= 11 is 0. The third-order valence-corrected chi connectivity index (χ3v) is 5.65. The van der Waals surface area contributed by atoms with E-state index in [-0.39, 0.29) is 5.56 Å². The van der Waals surface area contributed by atoms with Crippen molar-refractivity contribution >= 4 is 39.3 Å². The van der Waals surface area contributed by atoms with Gasteiger partial charge in [0.25, 0.3) is 5.56 Å². The van der Waals surface area contributed by atoms with Crippen molar-refractivity contribution in [2.75, 3.05) is 36.5 Å². The first-order valence-electron chi connectivity index (χ1n) is 9.90. The normalized spacial score (nSPS) is 14.6. The highest BCUT2D eigenvalue weighted by atomic mass is 16.5. The molecule has 4 heterocycles. The number of fused-ring (bicyclic) bond motifs is 2. The second kappa shape index (κ2) is 7.10. The molecule has 0 radical (unpaired) electrons. The minimum Gasteiger partial charge on any atom is -0.378 e. The molecule has 1 aliphatic heterocycles. The van der Waals surface area contributed by atoms with Crippen LogP contribution in [0.1, 0.15) is 5.56 Å². The van der Waals surface area contributed by atoms with Crippen molar-refractivity contribution in [3.05, 3.63) is 46.5 Å². The first kappa shape index (κ1) is 18.6. The van der Waals surface area contributed by atoms with Gasteiger partial charge < -0.3 is 19.5 Å². The van der Waals surface area contributed by atoms with E-state index in [1.54, 1.807) is 23.9 Å². The molecular weight excluding hydrogens is 382 g/mol. The van der Waals surface area contributed by atoms with Crippen molar-refractivity contribution in [2.24, 2.45) is 14.1 Å². The van der Waals surface area contributed by atoms with Gasteiger partial charge in [0, 0.05) is 44.3 Å². The number of benzene rings is 1. The fourth-order valence-electron chi connectivity index (χ4n) is 3.88. The minimum absolute atomic E-state index is 0.0780. The van der Waals surface area contributed by atoms with Crippen LogP contribution >= 0.6 is 0 Å². The number of nitrogens with one attached hydrogen (secondary N) is 1. The summed E-state index contributed by atoms with van der Waals surface area (Å²) in [5.74, 6) is 0.486. The van der Waals surface area contributed by atoms with Crippen LogP contribution in [0.5, 0.6) is 0 Å². The lowest BCUT2D eigenvalue weighted by Crippen LogP contribution is -2.37. The van der Waals surface area contributed by atoms with Crippen molar-refractivity contribution < 1.29 is 4.74 Å². The molecule has 0 spiro atoms. The predicted octanol–water partition coefficient (Wildman–Crippen LogP) is 2.10. The van der Waals surface area contributed by atoms with Crippen LogP contribution in [0.2, 0.25) is 0 Å². The van der Waals surface area contributed by atoms with Crippen molar-refractivity contribution in [3.63, 3.8) is 0 Å².